The zero-order valence-electron chi connectivity index (χ0n) is 16.1. The van der Waals surface area contributed by atoms with Crippen molar-refractivity contribution in [2.75, 3.05) is 10.6 Å². The number of nitrogens with one attached hydrogen (secondary N) is 2. The Morgan fingerprint density at radius 1 is 0.778 bits per heavy atom. The second-order valence-corrected chi connectivity index (χ2v) is 7.44. The van der Waals surface area contributed by atoms with Crippen LogP contribution in [0.3, 0.4) is 0 Å². The molecule has 1 aliphatic rings. The Morgan fingerprint density at radius 3 is 1.59 bits per heavy atom. The van der Waals surface area contributed by atoms with Gasteiger partial charge in [-0.3, -0.25) is 9.59 Å². The van der Waals surface area contributed by atoms with Gasteiger partial charge in [-0.2, -0.15) is 0 Å². The summed E-state index contributed by atoms with van der Waals surface area (Å²) in [6, 6.07) is 15.8. The minimum Gasteiger partial charge on any atom is -0.326 e. The highest BCUT2D eigenvalue weighted by atomic mass is 16.2. The lowest BCUT2D eigenvalue weighted by Crippen LogP contribution is -2.32. The van der Waals surface area contributed by atoms with Gasteiger partial charge in [0.15, 0.2) is 0 Å². The van der Waals surface area contributed by atoms with Crippen molar-refractivity contribution < 1.29 is 9.59 Å². The number of hydrogen-bond acceptors (Lipinski definition) is 2. The van der Waals surface area contributed by atoms with Gasteiger partial charge in [0.1, 0.15) is 0 Å². The highest BCUT2D eigenvalue weighted by molar-refractivity contribution is 5.94. The summed E-state index contributed by atoms with van der Waals surface area (Å²) in [7, 11) is 0. The number of carbonyl (C=O) groups is 2. The minimum atomic E-state index is -0.0146. The van der Waals surface area contributed by atoms with Crippen molar-refractivity contribution in [2.45, 2.75) is 46.0 Å². The molecule has 0 atom stereocenters. The van der Waals surface area contributed by atoms with Crippen LogP contribution in [0.2, 0.25) is 0 Å². The Bertz CT molecular complexity index is 773. The maximum atomic E-state index is 12.5. The van der Waals surface area contributed by atoms with Gasteiger partial charge in [-0.1, -0.05) is 36.8 Å². The third-order valence-corrected chi connectivity index (χ3v) is 5.42. The number of anilines is 2. The Hall–Kier alpha value is -2.62. The van der Waals surface area contributed by atoms with E-state index in [1.165, 1.54) is 11.1 Å². The normalized spacial score (nSPS) is 19.3. The molecule has 4 heteroatoms. The molecule has 0 bridgehead atoms. The molecule has 3 rings (SSSR count). The molecular weight excluding hydrogens is 336 g/mol. The van der Waals surface area contributed by atoms with E-state index < -0.39 is 0 Å². The topological polar surface area (TPSA) is 58.2 Å². The number of amides is 2. The highest BCUT2D eigenvalue weighted by Gasteiger charge is 2.30. The summed E-state index contributed by atoms with van der Waals surface area (Å²) >= 11 is 0. The minimum absolute atomic E-state index is 0.0146. The van der Waals surface area contributed by atoms with Crippen molar-refractivity contribution in [2.24, 2.45) is 11.8 Å². The number of benzene rings is 2. The first-order valence-corrected chi connectivity index (χ1v) is 9.82. The van der Waals surface area contributed by atoms with Crippen LogP contribution in [0.1, 0.15) is 43.7 Å². The predicted octanol–water partition coefficient (Wildman–Crippen LogP) is 4.94. The fourth-order valence-electron chi connectivity index (χ4n) is 3.57. The lowest BCUT2D eigenvalue weighted by atomic mass is 9.81. The van der Waals surface area contributed by atoms with Crippen molar-refractivity contribution >= 4 is 23.2 Å². The van der Waals surface area contributed by atoms with Crippen LogP contribution >= 0.6 is 0 Å². The Morgan fingerprint density at radius 2 is 1.19 bits per heavy atom. The van der Waals surface area contributed by atoms with E-state index in [4.69, 9.17) is 0 Å². The highest BCUT2D eigenvalue weighted by Crippen LogP contribution is 2.30. The molecule has 2 amide bonds. The number of hydrogen-bond donors (Lipinski definition) is 2. The molecule has 2 aromatic rings. The molecule has 1 saturated carbocycles. The SMILES string of the molecule is CCc1ccc(NC(=O)C2CCC(C(=O)Nc3ccc(C)cc3)CC2)cc1. The number of aryl methyl sites for hydroxylation is 2. The van der Waals surface area contributed by atoms with Crippen molar-refractivity contribution in [1.82, 2.24) is 0 Å². The van der Waals surface area contributed by atoms with Gasteiger partial charge in [0.05, 0.1) is 0 Å². The van der Waals surface area contributed by atoms with E-state index >= 15 is 0 Å². The maximum absolute atomic E-state index is 12.5. The van der Waals surface area contributed by atoms with Gasteiger partial charge in [-0.05, 0) is 68.9 Å². The third-order valence-electron chi connectivity index (χ3n) is 5.42. The van der Waals surface area contributed by atoms with E-state index in [9.17, 15) is 9.59 Å². The summed E-state index contributed by atoms with van der Waals surface area (Å²) in [5, 5.41) is 6.01. The average Bonchev–Trinajstić information content (AvgIpc) is 2.70. The summed E-state index contributed by atoms with van der Waals surface area (Å²) in [5.74, 6) is 0.1000. The van der Waals surface area contributed by atoms with Gasteiger partial charge in [-0.25, -0.2) is 0 Å². The van der Waals surface area contributed by atoms with Crippen LogP contribution in [0.5, 0.6) is 0 Å². The van der Waals surface area contributed by atoms with E-state index in [2.05, 4.69) is 17.6 Å². The number of carbonyl (C=O) groups excluding carboxylic acids is 2. The van der Waals surface area contributed by atoms with Gasteiger partial charge in [0.25, 0.3) is 0 Å². The van der Waals surface area contributed by atoms with Crippen LogP contribution < -0.4 is 10.6 Å². The molecular formula is C23H28N2O2. The van der Waals surface area contributed by atoms with Crippen molar-refractivity contribution in [3.63, 3.8) is 0 Å². The van der Waals surface area contributed by atoms with E-state index in [1.54, 1.807) is 0 Å². The molecule has 0 saturated heterocycles. The molecule has 1 fully saturated rings. The largest absolute Gasteiger partial charge is 0.326 e. The lowest BCUT2D eigenvalue weighted by Gasteiger charge is -2.27. The van der Waals surface area contributed by atoms with Crippen LogP contribution in [0.15, 0.2) is 48.5 Å². The molecule has 27 heavy (non-hydrogen) atoms. The van der Waals surface area contributed by atoms with Crippen LogP contribution in [0.4, 0.5) is 11.4 Å². The van der Waals surface area contributed by atoms with E-state index in [-0.39, 0.29) is 23.7 Å². The van der Waals surface area contributed by atoms with Crippen LogP contribution in [0.25, 0.3) is 0 Å². The lowest BCUT2D eigenvalue weighted by molar-refractivity contribution is -0.125. The van der Waals surface area contributed by atoms with Crippen molar-refractivity contribution in [3.05, 3.63) is 59.7 Å². The molecule has 0 aromatic heterocycles. The molecule has 0 radical (unpaired) electrons. The summed E-state index contributed by atoms with van der Waals surface area (Å²) in [6.07, 6.45) is 4.01. The van der Waals surface area contributed by atoms with Gasteiger partial charge < -0.3 is 10.6 Å². The Kier molecular flexibility index (Phi) is 6.28. The monoisotopic (exact) mass is 364 g/mol. The zero-order valence-corrected chi connectivity index (χ0v) is 16.1. The molecule has 2 aromatic carbocycles. The zero-order chi connectivity index (χ0) is 19.2. The van der Waals surface area contributed by atoms with Crippen LogP contribution in [-0.4, -0.2) is 11.8 Å². The van der Waals surface area contributed by atoms with Gasteiger partial charge in [-0.15, -0.1) is 0 Å². The summed E-state index contributed by atoms with van der Waals surface area (Å²) in [4.78, 5) is 25.0. The smallest absolute Gasteiger partial charge is 0.227 e. The van der Waals surface area contributed by atoms with Gasteiger partial charge in [0, 0.05) is 23.2 Å². The second kappa shape index (κ2) is 8.85. The predicted molar refractivity (Wildman–Crippen MR) is 110 cm³/mol. The van der Waals surface area contributed by atoms with Crippen LogP contribution in [-0.2, 0) is 16.0 Å². The molecule has 142 valence electrons. The molecule has 0 aliphatic heterocycles. The average molecular weight is 364 g/mol. The second-order valence-electron chi connectivity index (χ2n) is 7.44. The molecule has 0 heterocycles. The first kappa shape index (κ1) is 19.2. The fraction of sp³-hybridized carbons (Fsp3) is 0.391. The van der Waals surface area contributed by atoms with Crippen molar-refractivity contribution in [3.8, 4) is 0 Å². The molecule has 0 unspecified atom stereocenters. The summed E-state index contributed by atoms with van der Waals surface area (Å²) in [6.45, 7) is 4.14. The summed E-state index contributed by atoms with van der Waals surface area (Å²) in [5.41, 5.74) is 4.11. The first-order valence-electron chi connectivity index (χ1n) is 9.82. The van der Waals surface area contributed by atoms with Crippen molar-refractivity contribution in [1.29, 1.82) is 0 Å². The fourth-order valence-corrected chi connectivity index (χ4v) is 3.57. The standard InChI is InChI=1S/C23H28N2O2/c1-3-17-6-14-21(15-7-17)25-23(27)19-10-8-18(9-11-19)22(26)24-20-12-4-16(2)5-13-20/h4-7,12-15,18-19H,3,8-11H2,1-2H3,(H,24,26)(H,25,27). The van der Waals surface area contributed by atoms with E-state index in [0.717, 1.165) is 43.5 Å². The van der Waals surface area contributed by atoms with E-state index in [0.29, 0.717) is 0 Å². The first-order chi connectivity index (χ1) is 13.0. The number of rotatable bonds is 5. The summed E-state index contributed by atoms with van der Waals surface area (Å²) < 4.78 is 0. The maximum Gasteiger partial charge on any atom is 0.227 e. The molecule has 1 aliphatic carbocycles. The molecule has 0 spiro atoms. The van der Waals surface area contributed by atoms with Gasteiger partial charge >= 0.3 is 0 Å². The van der Waals surface area contributed by atoms with Gasteiger partial charge in [0.2, 0.25) is 11.8 Å². The molecule has 2 N–H and O–H groups in total. The third kappa shape index (κ3) is 5.19. The Labute approximate surface area is 161 Å². The Balaban J connectivity index is 1.47. The van der Waals surface area contributed by atoms with Crippen LogP contribution in [0, 0.1) is 18.8 Å². The molecule has 4 nitrogen and oxygen atoms in total. The quantitative estimate of drug-likeness (QED) is 0.789. The van der Waals surface area contributed by atoms with E-state index in [1.807, 2.05) is 55.5 Å².